The first-order valence-electron chi connectivity index (χ1n) is 15.7. The number of benzene rings is 4. The fraction of sp³-hybridized carbons (Fsp3) is 0.278. The van der Waals surface area contributed by atoms with Gasteiger partial charge in [-0.2, -0.15) is 0 Å². The molecule has 5 N–H and O–H groups in total. The number of nitrogen functional groups attached to an aromatic ring is 1. The van der Waals surface area contributed by atoms with E-state index in [1.165, 1.54) is 18.2 Å². The van der Waals surface area contributed by atoms with Crippen LogP contribution in [0.3, 0.4) is 0 Å². The lowest BCUT2D eigenvalue weighted by atomic mass is 9.99. The minimum Gasteiger partial charge on any atom is -0.488 e. The number of aliphatic hydroxyl groups is 1. The third-order valence-electron chi connectivity index (χ3n) is 8.34. The van der Waals surface area contributed by atoms with Crippen LogP contribution in [0.25, 0.3) is 0 Å². The molecule has 48 heavy (non-hydrogen) atoms. The highest BCUT2D eigenvalue weighted by atomic mass is 32.2. The summed E-state index contributed by atoms with van der Waals surface area (Å²) in [4.78, 5) is 30.4. The van der Waals surface area contributed by atoms with Gasteiger partial charge >= 0.3 is 0 Å². The number of rotatable bonds is 11. The third-order valence-corrected chi connectivity index (χ3v) is 9.74. The fourth-order valence-corrected chi connectivity index (χ4v) is 6.64. The van der Waals surface area contributed by atoms with Crippen molar-refractivity contribution in [3.05, 3.63) is 114 Å². The smallest absolute Gasteiger partial charge is 0.261 e. The van der Waals surface area contributed by atoms with E-state index in [2.05, 4.69) is 14.9 Å². The van der Waals surface area contributed by atoms with Gasteiger partial charge in [-0.15, -0.1) is 0 Å². The largest absolute Gasteiger partial charge is 0.488 e. The lowest BCUT2D eigenvalue weighted by Crippen LogP contribution is -2.49. The third kappa shape index (κ3) is 8.14. The van der Waals surface area contributed by atoms with E-state index in [1.54, 1.807) is 78.6 Å². The summed E-state index contributed by atoms with van der Waals surface area (Å²) in [5, 5.41) is 12.8. The van der Waals surface area contributed by atoms with Crippen LogP contribution in [0.4, 0.5) is 17.1 Å². The van der Waals surface area contributed by atoms with Crippen molar-refractivity contribution in [3.63, 3.8) is 0 Å². The Morgan fingerprint density at radius 3 is 2.42 bits per heavy atom. The second-order valence-corrected chi connectivity index (χ2v) is 13.9. The topological polar surface area (TPSA) is 154 Å². The molecular weight excluding hydrogens is 630 g/mol. The summed E-state index contributed by atoms with van der Waals surface area (Å²) < 4.78 is 35.0. The number of ether oxygens (including phenoxy) is 1. The van der Waals surface area contributed by atoms with Gasteiger partial charge in [0.05, 0.1) is 34.5 Å². The highest BCUT2D eigenvalue weighted by molar-refractivity contribution is 7.92. The molecule has 252 valence electrons. The van der Waals surface area contributed by atoms with Gasteiger partial charge in [-0.3, -0.25) is 19.2 Å². The zero-order valence-corrected chi connectivity index (χ0v) is 28.0. The van der Waals surface area contributed by atoms with Gasteiger partial charge in [0.15, 0.2) is 0 Å². The number of nitrogens with two attached hydrogens (primary N) is 1. The molecule has 0 bridgehead atoms. The molecule has 3 atom stereocenters. The number of likely N-dealkylation sites (N-methyl/N-ethyl adjacent to an activating group) is 1. The zero-order chi connectivity index (χ0) is 34.4. The van der Waals surface area contributed by atoms with Gasteiger partial charge < -0.3 is 25.8 Å². The Balaban J connectivity index is 1.32. The van der Waals surface area contributed by atoms with Crippen LogP contribution in [-0.4, -0.2) is 74.0 Å². The van der Waals surface area contributed by atoms with Crippen molar-refractivity contribution in [2.24, 2.45) is 5.92 Å². The maximum absolute atomic E-state index is 13.8. The van der Waals surface area contributed by atoms with E-state index in [0.29, 0.717) is 42.3 Å². The predicted molar refractivity (Wildman–Crippen MR) is 186 cm³/mol. The summed E-state index contributed by atoms with van der Waals surface area (Å²) in [6.45, 7) is 4.95. The molecule has 0 unspecified atom stereocenters. The second kappa shape index (κ2) is 14.9. The summed E-state index contributed by atoms with van der Waals surface area (Å²) in [7, 11) is -1.92. The molecule has 0 aromatic heterocycles. The van der Waals surface area contributed by atoms with Crippen LogP contribution in [0.15, 0.2) is 102 Å². The number of nitrogens with one attached hydrogen (secondary N) is 2. The van der Waals surface area contributed by atoms with Crippen LogP contribution in [0.1, 0.15) is 40.1 Å². The molecule has 0 spiro atoms. The van der Waals surface area contributed by atoms with Crippen molar-refractivity contribution in [1.82, 2.24) is 9.80 Å². The summed E-state index contributed by atoms with van der Waals surface area (Å²) in [6.07, 6.45) is -0.344. The van der Waals surface area contributed by atoms with Crippen molar-refractivity contribution >= 4 is 38.9 Å². The monoisotopic (exact) mass is 671 g/mol. The van der Waals surface area contributed by atoms with Crippen LogP contribution in [0, 0.1) is 5.92 Å². The molecule has 2 amide bonds. The van der Waals surface area contributed by atoms with E-state index >= 15 is 0 Å². The van der Waals surface area contributed by atoms with E-state index in [1.807, 2.05) is 26.1 Å². The minimum absolute atomic E-state index is 0.0991. The number of anilines is 3. The normalized spacial score (nSPS) is 17.1. The number of carbonyl (C=O) groups excluding carboxylic acids is 2. The summed E-state index contributed by atoms with van der Waals surface area (Å²) in [5.74, 6) is -0.385. The highest BCUT2D eigenvalue weighted by Gasteiger charge is 2.34. The number of nitrogens with zero attached hydrogens (tertiary/aromatic N) is 2. The summed E-state index contributed by atoms with van der Waals surface area (Å²) in [5.41, 5.74) is 8.92. The minimum atomic E-state index is -3.89. The van der Waals surface area contributed by atoms with Crippen molar-refractivity contribution < 1.29 is 27.9 Å². The molecule has 1 aliphatic rings. The van der Waals surface area contributed by atoms with Crippen LogP contribution >= 0.6 is 0 Å². The number of aliphatic hydroxyl groups excluding tert-OH is 1. The van der Waals surface area contributed by atoms with Gasteiger partial charge in [-0.25, -0.2) is 8.42 Å². The Hall–Kier alpha value is -4.91. The van der Waals surface area contributed by atoms with Gasteiger partial charge in [-0.05, 0) is 74.1 Å². The summed E-state index contributed by atoms with van der Waals surface area (Å²) in [6, 6.07) is 26.6. The Kier molecular flexibility index (Phi) is 10.7. The van der Waals surface area contributed by atoms with E-state index in [4.69, 9.17) is 10.5 Å². The molecule has 5 rings (SSSR count). The number of para-hydroxylation sites is 2. The molecule has 1 aliphatic heterocycles. The first-order chi connectivity index (χ1) is 22.9. The van der Waals surface area contributed by atoms with Gasteiger partial charge in [0, 0.05) is 36.8 Å². The van der Waals surface area contributed by atoms with Crippen LogP contribution < -0.4 is 20.5 Å². The maximum Gasteiger partial charge on any atom is 0.261 e. The molecular formula is C36H41N5O6S. The second-order valence-electron chi connectivity index (χ2n) is 12.2. The molecule has 4 aromatic carbocycles. The average molecular weight is 672 g/mol. The SMILES string of the molecule is C[C@H](CO)N1C[C@H](C)[C@@H](CN(C)Cc2ccc(C(=O)Nc3ccccc3N)cc2)Oc2ccc(NS(=O)(=O)c3ccccc3)cc2C1=O. The highest BCUT2D eigenvalue weighted by Crippen LogP contribution is 2.31. The van der Waals surface area contributed by atoms with E-state index < -0.39 is 16.1 Å². The van der Waals surface area contributed by atoms with Crippen molar-refractivity contribution in [2.75, 3.05) is 42.5 Å². The van der Waals surface area contributed by atoms with Gasteiger partial charge in [-0.1, -0.05) is 49.4 Å². The number of fused-ring (bicyclic) bond motifs is 1. The first kappa shape index (κ1) is 34.4. The average Bonchev–Trinajstić information content (AvgIpc) is 3.07. The van der Waals surface area contributed by atoms with Crippen LogP contribution in [0.5, 0.6) is 5.75 Å². The Morgan fingerprint density at radius 1 is 1.04 bits per heavy atom. The Labute approximate surface area is 281 Å². The predicted octanol–water partition coefficient (Wildman–Crippen LogP) is 4.67. The molecule has 12 heteroatoms. The molecule has 11 nitrogen and oxygen atoms in total. The molecule has 0 saturated heterocycles. The van der Waals surface area contributed by atoms with Crippen molar-refractivity contribution in [1.29, 1.82) is 0 Å². The quantitative estimate of drug-likeness (QED) is 0.168. The van der Waals surface area contributed by atoms with E-state index in [9.17, 15) is 23.1 Å². The molecule has 0 aliphatic carbocycles. The molecule has 4 aromatic rings. The number of amides is 2. The van der Waals surface area contributed by atoms with Crippen molar-refractivity contribution in [2.45, 2.75) is 37.4 Å². The molecule has 1 heterocycles. The van der Waals surface area contributed by atoms with Gasteiger partial charge in [0.25, 0.3) is 21.8 Å². The molecule has 0 saturated carbocycles. The van der Waals surface area contributed by atoms with Gasteiger partial charge in [0.1, 0.15) is 11.9 Å². The summed E-state index contributed by atoms with van der Waals surface area (Å²) >= 11 is 0. The maximum atomic E-state index is 13.8. The molecule has 0 radical (unpaired) electrons. The number of carbonyl (C=O) groups is 2. The van der Waals surface area contributed by atoms with E-state index in [-0.39, 0.29) is 46.6 Å². The Bertz CT molecular complexity index is 1850. The standard InChI is InChI=1S/C36H41N5O6S/c1-24-20-41(25(2)23-42)36(44)30-19-28(39-48(45,46)29-9-5-4-6-10-29)17-18-33(30)47-34(24)22-40(3)21-26-13-15-27(16-14-26)35(43)38-32-12-8-7-11-31(32)37/h4-19,24-25,34,39,42H,20-23,37H2,1-3H3,(H,38,43)/t24-,25+,34+/m0/s1. The number of sulfonamides is 1. The zero-order valence-electron chi connectivity index (χ0n) is 27.2. The number of hydrogen-bond acceptors (Lipinski definition) is 8. The van der Waals surface area contributed by atoms with Crippen LogP contribution in [0.2, 0.25) is 0 Å². The number of hydrogen-bond donors (Lipinski definition) is 4. The van der Waals surface area contributed by atoms with Crippen LogP contribution in [-0.2, 0) is 16.6 Å². The fourth-order valence-electron chi connectivity index (χ4n) is 5.57. The lowest BCUT2D eigenvalue weighted by molar-refractivity contribution is 0.0341. The first-order valence-corrected chi connectivity index (χ1v) is 17.2. The van der Waals surface area contributed by atoms with Crippen molar-refractivity contribution in [3.8, 4) is 5.75 Å². The lowest BCUT2D eigenvalue weighted by Gasteiger charge is -2.38. The van der Waals surface area contributed by atoms with Gasteiger partial charge in [0.2, 0.25) is 0 Å². The van der Waals surface area contributed by atoms with E-state index in [0.717, 1.165) is 5.56 Å². The Morgan fingerprint density at radius 2 is 1.73 bits per heavy atom. The molecule has 0 fully saturated rings.